The van der Waals surface area contributed by atoms with Crippen molar-refractivity contribution in [2.24, 2.45) is 0 Å². The van der Waals surface area contributed by atoms with Crippen molar-refractivity contribution in [1.82, 2.24) is 0 Å². The van der Waals surface area contributed by atoms with Crippen LogP contribution in [0.3, 0.4) is 0 Å². The first kappa shape index (κ1) is 19.1. The third-order valence-corrected chi connectivity index (χ3v) is 3.73. The van der Waals surface area contributed by atoms with E-state index in [-0.39, 0.29) is 0 Å². The fourth-order valence-electron chi connectivity index (χ4n) is 2.41. The number of rotatable bonds is 16. The van der Waals surface area contributed by atoms with Crippen LogP contribution in [0.15, 0.2) is 25.3 Å². The smallest absolute Gasteiger partial charge is 0.132 e. The molecule has 0 aromatic heterocycles. The molecule has 0 saturated carbocycles. The zero-order valence-electron chi connectivity index (χ0n) is 13.4. The Morgan fingerprint density at radius 3 is 1.35 bits per heavy atom. The summed E-state index contributed by atoms with van der Waals surface area (Å²) >= 11 is 0. The summed E-state index contributed by atoms with van der Waals surface area (Å²) in [4.78, 5) is 11.7. The van der Waals surface area contributed by atoms with Crippen molar-refractivity contribution in [2.45, 2.75) is 89.9 Å². The van der Waals surface area contributed by atoms with E-state index < -0.39 is 0 Å². The van der Waals surface area contributed by atoms with E-state index >= 15 is 0 Å². The minimum atomic E-state index is 0.473. The molecule has 1 heteroatoms. The van der Waals surface area contributed by atoms with Gasteiger partial charge in [0.15, 0.2) is 0 Å². The summed E-state index contributed by atoms with van der Waals surface area (Å²) in [5.41, 5.74) is 0. The largest absolute Gasteiger partial charge is 0.300 e. The molecule has 0 unspecified atom stereocenters. The molecule has 0 rings (SSSR count). The Kier molecular flexibility index (Phi) is 15.5. The highest BCUT2D eigenvalue weighted by molar-refractivity contribution is 5.78. The van der Waals surface area contributed by atoms with Gasteiger partial charge in [-0.15, -0.1) is 13.2 Å². The summed E-state index contributed by atoms with van der Waals surface area (Å²) in [5, 5.41) is 0. The molecule has 116 valence electrons. The van der Waals surface area contributed by atoms with Crippen LogP contribution in [-0.2, 0) is 4.79 Å². The van der Waals surface area contributed by atoms with Gasteiger partial charge in [0, 0.05) is 12.8 Å². The molecule has 0 N–H and O–H groups in total. The van der Waals surface area contributed by atoms with Crippen molar-refractivity contribution in [3.8, 4) is 0 Å². The Morgan fingerprint density at radius 2 is 0.950 bits per heavy atom. The van der Waals surface area contributed by atoms with E-state index in [1.165, 1.54) is 51.4 Å². The first-order valence-electron chi connectivity index (χ1n) is 8.54. The second kappa shape index (κ2) is 16.2. The Hall–Kier alpha value is -0.850. The molecule has 0 aliphatic carbocycles. The van der Waals surface area contributed by atoms with E-state index in [2.05, 4.69) is 13.2 Å². The number of ketones is 1. The zero-order chi connectivity index (χ0) is 14.9. The van der Waals surface area contributed by atoms with Crippen LogP contribution >= 0.6 is 0 Å². The molecule has 0 bridgehead atoms. The molecule has 0 aliphatic heterocycles. The van der Waals surface area contributed by atoms with Crippen LogP contribution in [-0.4, -0.2) is 5.78 Å². The molecule has 0 saturated heterocycles. The van der Waals surface area contributed by atoms with Crippen molar-refractivity contribution in [1.29, 1.82) is 0 Å². The average molecular weight is 278 g/mol. The standard InChI is InChI=1S/C19H34O/c1-3-5-7-9-11-12-14-16-18-19(20)17-15-13-10-8-6-4-2/h3-4H,1-2,5-18H2. The van der Waals surface area contributed by atoms with Crippen molar-refractivity contribution >= 4 is 5.78 Å². The first-order chi connectivity index (χ1) is 9.81. The molecule has 0 aromatic rings. The Morgan fingerprint density at radius 1 is 0.600 bits per heavy atom. The molecular formula is C19H34O. The Labute approximate surface area is 126 Å². The average Bonchev–Trinajstić information content (AvgIpc) is 2.45. The van der Waals surface area contributed by atoms with E-state index in [1.54, 1.807) is 0 Å². The number of carbonyl (C=O) groups excluding carboxylic acids is 1. The van der Waals surface area contributed by atoms with E-state index in [0.717, 1.165) is 38.5 Å². The van der Waals surface area contributed by atoms with Crippen LogP contribution in [0.2, 0.25) is 0 Å². The summed E-state index contributed by atoms with van der Waals surface area (Å²) in [6, 6.07) is 0. The maximum absolute atomic E-state index is 11.7. The number of hydrogen-bond acceptors (Lipinski definition) is 1. The van der Waals surface area contributed by atoms with Gasteiger partial charge in [-0.25, -0.2) is 0 Å². The van der Waals surface area contributed by atoms with Gasteiger partial charge in [0.1, 0.15) is 5.78 Å². The van der Waals surface area contributed by atoms with Gasteiger partial charge in [-0.3, -0.25) is 4.79 Å². The highest BCUT2D eigenvalue weighted by Crippen LogP contribution is 2.11. The van der Waals surface area contributed by atoms with Gasteiger partial charge in [0.05, 0.1) is 0 Å². The van der Waals surface area contributed by atoms with Crippen molar-refractivity contribution in [2.75, 3.05) is 0 Å². The lowest BCUT2D eigenvalue weighted by molar-refractivity contribution is -0.119. The Balaban J connectivity index is 3.16. The number of hydrogen-bond donors (Lipinski definition) is 0. The number of Topliss-reactive ketones (excluding diaryl/α,β-unsaturated/α-hetero) is 1. The maximum Gasteiger partial charge on any atom is 0.132 e. The van der Waals surface area contributed by atoms with E-state index in [0.29, 0.717) is 5.78 Å². The lowest BCUT2D eigenvalue weighted by Crippen LogP contribution is -1.97. The van der Waals surface area contributed by atoms with Crippen molar-refractivity contribution in [3.05, 3.63) is 25.3 Å². The van der Waals surface area contributed by atoms with Crippen LogP contribution in [0.5, 0.6) is 0 Å². The fourth-order valence-corrected chi connectivity index (χ4v) is 2.41. The number of unbranched alkanes of at least 4 members (excludes halogenated alkanes) is 10. The third kappa shape index (κ3) is 15.2. The molecule has 0 amide bonds. The second-order valence-corrected chi connectivity index (χ2v) is 5.73. The third-order valence-electron chi connectivity index (χ3n) is 3.73. The SMILES string of the molecule is C=CCCCCCCCCC(=O)CCCCCCC=C. The predicted molar refractivity (Wildman–Crippen MR) is 90.0 cm³/mol. The second-order valence-electron chi connectivity index (χ2n) is 5.73. The molecule has 0 radical (unpaired) electrons. The number of carbonyl (C=O) groups is 1. The van der Waals surface area contributed by atoms with Crippen molar-refractivity contribution in [3.63, 3.8) is 0 Å². The maximum atomic E-state index is 11.7. The van der Waals surface area contributed by atoms with Crippen LogP contribution in [0, 0.1) is 0 Å². The highest BCUT2D eigenvalue weighted by atomic mass is 16.1. The van der Waals surface area contributed by atoms with Gasteiger partial charge in [-0.1, -0.05) is 50.7 Å². The first-order valence-corrected chi connectivity index (χ1v) is 8.54. The molecule has 0 aliphatic rings. The molecule has 1 nitrogen and oxygen atoms in total. The monoisotopic (exact) mass is 278 g/mol. The summed E-state index contributed by atoms with van der Waals surface area (Å²) in [6.45, 7) is 7.45. The van der Waals surface area contributed by atoms with Crippen LogP contribution in [0.1, 0.15) is 89.9 Å². The minimum absolute atomic E-state index is 0.473. The minimum Gasteiger partial charge on any atom is -0.300 e. The molecule has 20 heavy (non-hydrogen) atoms. The topological polar surface area (TPSA) is 17.1 Å². The molecular weight excluding hydrogens is 244 g/mol. The van der Waals surface area contributed by atoms with Gasteiger partial charge in [0.25, 0.3) is 0 Å². The quantitative estimate of drug-likeness (QED) is 0.236. The lowest BCUT2D eigenvalue weighted by Gasteiger charge is -2.02. The van der Waals surface area contributed by atoms with Crippen LogP contribution in [0.25, 0.3) is 0 Å². The number of allylic oxidation sites excluding steroid dienone is 2. The van der Waals surface area contributed by atoms with Gasteiger partial charge in [0.2, 0.25) is 0 Å². The van der Waals surface area contributed by atoms with Gasteiger partial charge in [-0.2, -0.15) is 0 Å². The molecule has 0 atom stereocenters. The van der Waals surface area contributed by atoms with Crippen LogP contribution < -0.4 is 0 Å². The summed E-state index contributed by atoms with van der Waals surface area (Å²) in [7, 11) is 0. The van der Waals surface area contributed by atoms with E-state index in [9.17, 15) is 4.79 Å². The molecule has 0 heterocycles. The van der Waals surface area contributed by atoms with E-state index in [1.807, 2.05) is 12.2 Å². The van der Waals surface area contributed by atoms with Gasteiger partial charge >= 0.3 is 0 Å². The van der Waals surface area contributed by atoms with Crippen LogP contribution in [0.4, 0.5) is 0 Å². The molecule has 0 spiro atoms. The summed E-state index contributed by atoms with van der Waals surface area (Å²) in [5.74, 6) is 0.473. The van der Waals surface area contributed by atoms with Crippen molar-refractivity contribution < 1.29 is 4.79 Å². The van der Waals surface area contributed by atoms with Gasteiger partial charge < -0.3 is 0 Å². The predicted octanol–water partition coefficient (Wildman–Crippen LogP) is 6.39. The van der Waals surface area contributed by atoms with Gasteiger partial charge in [-0.05, 0) is 38.5 Å². The van der Waals surface area contributed by atoms with E-state index in [4.69, 9.17) is 0 Å². The molecule has 0 fully saturated rings. The fraction of sp³-hybridized carbons (Fsp3) is 0.737. The normalized spacial score (nSPS) is 10.4. The molecule has 0 aromatic carbocycles. The highest BCUT2D eigenvalue weighted by Gasteiger charge is 2.01. The zero-order valence-corrected chi connectivity index (χ0v) is 13.4. The lowest BCUT2D eigenvalue weighted by atomic mass is 10.0. The summed E-state index contributed by atoms with van der Waals surface area (Å²) in [6.07, 6.45) is 20.1. The Bertz CT molecular complexity index is 242. The summed E-state index contributed by atoms with van der Waals surface area (Å²) < 4.78 is 0.